The van der Waals surface area contributed by atoms with Crippen molar-refractivity contribution >= 4 is 11.6 Å². The van der Waals surface area contributed by atoms with Crippen LogP contribution in [-0.4, -0.2) is 42.5 Å². The Balaban J connectivity index is 1.47. The predicted molar refractivity (Wildman–Crippen MR) is 108 cm³/mol. The van der Waals surface area contributed by atoms with Crippen molar-refractivity contribution in [3.63, 3.8) is 0 Å². The maximum Gasteiger partial charge on any atom is 0.262 e. The van der Waals surface area contributed by atoms with E-state index in [0.717, 1.165) is 0 Å². The SMILES string of the molecule is COc1nn(C)cc1C(=O)Nc1ccc(Oc2cc(-n3cccn3)nc(C)n2)cc1. The molecule has 1 aromatic carbocycles. The van der Waals surface area contributed by atoms with Crippen molar-refractivity contribution in [1.29, 1.82) is 0 Å². The lowest BCUT2D eigenvalue weighted by Gasteiger charge is -2.09. The van der Waals surface area contributed by atoms with Crippen LogP contribution in [0.5, 0.6) is 17.5 Å². The number of rotatable bonds is 6. The topological polar surface area (TPSA) is 109 Å². The van der Waals surface area contributed by atoms with E-state index in [2.05, 4.69) is 25.5 Å². The van der Waals surface area contributed by atoms with E-state index in [4.69, 9.17) is 9.47 Å². The summed E-state index contributed by atoms with van der Waals surface area (Å²) in [5, 5.41) is 11.1. The summed E-state index contributed by atoms with van der Waals surface area (Å²) in [6.07, 6.45) is 5.06. The van der Waals surface area contributed by atoms with Gasteiger partial charge in [0.15, 0.2) is 5.82 Å². The number of ether oxygens (including phenoxy) is 2. The molecule has 0 unspecified atom stereocenters. The van der Waals surface area contributed by atoms with Gasteiger partial charge in [-0.1, -0.05) is 0 Å². The number of amides is 1. The van der Waals surface area contributed by atoms with Crippen LogP contribution < -0.4 is 14.8 Å². The van der Waals surface area contributed by atoms with E-state index in [1.165, 1.54) is 11.8 Å². The minimum Gasteiger partial charge on any atom is -0.479 e. The van der Waals surface area contributed by atoms with Crippen LogP contribution in [-0.2, 0) is 7.05 Å². The number of hydrogen-bond acceptors (Lipinski definition) is 7. The third kappa shape index (κ3) is 4.12. The van der Waals surface area contributed by atoms with Gasteiger partial charge in [0.1, 0.15) is 17.1 Å². The summed E-state index contributed by atoms with van der Waals surface area (Å²) in [4.78, 5) is 21.1. The van der Waals surface area contributed by atoms with Crippen LogP contribution in [0.15, 0.2) is 55.0 Å². The van der Waals surface area contributed by atoms with Gasteiger partial charge in [-0.25, -0.2) is 9.67 Å². The molecule has 3 aromatic heterocycles. The Hall–Kier alpha value is -4.21. The number of benzene rings is 1. The quantitative estimate of drug-likeness (QED) is 0.525. The van der Waals surface area contributed by atoms with Crippen LogP contribution in [0.1, 0.15) is 16.2 Å². The molecule has 152 valence electrons. The molecule has 0 aliphatic carbocycles. The van der Waals surface area contributed by atoms with Gasteiger partial charge in [-0.2, -0.15) is 10.1 Å². The fourth-order valence-electron chi connectivity index (χ4n) is 2.80. The normalized spacial score (nSPS) is 10.6. The van der Waals surface area contributed by atoms with Gasteiger partial charge in [0.05, 0.1) is 7.11 Å². The van der Waals surface area contributed by atoms with Gasteiger partial charge < -0.3 is 14.8 Å². The first-order valence-electron chi connectivity index (χ1n) is 9.04. The molecule has 3 heterocycles. The summed E-state index contributed by atoms with van der Waals surface area (Å²) in [6, 6.07) is 10.5. The standard InChI is InChI=1S/C20H19N7O3/c1-13-22-17(27-10-4-9-21-27)11-18(23-13)30-15-7-5-14(6-8-15)24-19(28)16-12-26(2)25-20(16)29-3/h4-12H,1-3H3,(H,24,28). The molecular formula is C20H19N7O3. The van der Waals surface area contributed by atoms with Crippen molar-refractivity contribution in [3.05, 3.63) is 66.4 Å². The summed E-state index contributed by atoms with van der Waals surface area (Å²) in [5.74, 6) is 2.08. The van der Waals surface area contributed by atoms with E-state index in [0.29, 0.717) is 34.5 Å². The van der Waals surface area contributed by atoms with E-state index >= 15 is 0 Å². The van der Waals surface area contributed by atoms with Crippen LogP contribution in [0, 0.1) is 6.92 Å². The van der Waals surface area contributed by atoms with E-state index < -0.39 is 0 Å². The molecule has 1 N–H and O–H groups in total. The van der Waals surface area contributed by atoms with Crippen LogP contribution in [0.4, 0.5) is 5.69 Å². The van der Waals surface area contributed by atoms with Gasteiger partial charge >= 0.3 is 0 Å². The molecule has 10 heteroatoms. The molecule has 4 aromatic rings. The zero-order valence-corrected chi connectivity index (χ0v) is 16.6. The molecule has 0 saturated heterocycles. The predicted octanol–water partition coefficient (Wildman–Crippen LogP) is 2.76. The Kier molecular flexibility index (Phi) is 5.12. The second-order valence-corrected chi connectivity index (χ2v) is 6.37. The van der Waals surface area contributed by atoms with Gasteiger partial charge in [0.2, 0.25) is 11.8 Å². The highest BCUT2D eigenvalue weighted by Crippen LogP contribution is 2.24. The number of nitrogens with zero attached hydrogens (tertiary/aromatic N) is 6. The number of anilines is 1. The van der Waals surface area contributed by atoms with Gasteiger partial charge in [0, 0.05) is 37.4 Å². The monoisotopic (exact) mass is 405 g/mol. The maximum atomic E-state index is 12.5. The fourth-order valence-corrected chi connectivity index (χ4v) is 2.80. The van der Waals surface area contributed by atoms with Crippen LogP contribution in [0.2, 0.25) is 0 Å². The summed E-state index contributed by atoms with van der Waals surface area (Å²) in [5.41, 5.74) is 0.956. The molecule has 0 aliphatic rings. The Labute approximate surface area is 172 Å². The maximum absolute atomic E-state index is 12.5. The first-order chi connectivity index (χ1) is 14.5. The van der Waals surface area contributed by atoms with E-state index in [1.807, 2.05) is 6.07 Å². The average Bonchev–Trinajstić information content (AvgIpc) is 3.38. The number of carbonyl (C=O) groups excluding carboxylic acids is 1. The average molecular weight is 405 g/mol. The van der Waals surface area contributed by atoms with Crippen molar-refractivity contribution in [3.8, 4) is 23.3 Å². The number of methoxy groups -OCH3 is 1. The highest BCUT2D eigenvalue weighted by Gasteiger charge is 2.16. The Morgan fingerprint density at radius 3 is 2.67 bits per heavy atom. The Morgan fingerprint density at radius 1 is 1.17 bits per heavy atom. The molecule has 0 bridgehead atoms. The first kappa shape index (κ1) is 19.1. The minimum absolute atomic E-state index is 0.266. The number of aromatic nitrogens is 6. The minimum atomic E-state index is -0.316. The molecular weight excluding hydrogens is 386 g/mol. The highest BCUT2D eigenvalue weighted by molar-refractivity contribution is 6.05. The molecule has 0 atom stereocenters. The second-order valence-electron chi connectivity index (χ2n) is 6.37. The molecule has 0 saturated carbocycles. The zero-order chi connectivity index (χ0) is 21.1. The molecule has 4 rings (SSSR count). The van der Waals surface area contributed by atoms with Gasteiger partial charge in [-0.3, -0.25) is 9.48 Å². The summed E-state index contributed by atoms with van der Waals surface area (Å²) < 4.78 is 14.1. The number of aryl methyl sites for hydroxylation is 2. The lowest BCUT2D eigenvalue weighted by atomic mass is 10.2. The smallest absolute Gasteiger partial charge is 0.262 e. The van der Waals surface area contributed by atoms with Crippen LogP contribution in [0.3, 0.4) is 0 Å². The van der Waals surface area contributed by atoms with E-state index in [9.17, 15) is 4.79 Å². The lowest BCUT2D eigenvalue weighted by Crippen LogP contribution is -2.12. The van der Waals surface area contributed by atoms with Crippen molar-refractivity contribution in [2.24, 2.45) is 7.05 Å². The number of nitrogens with one attached hydrogen (secondary N) is 1. The van der Waals surface area contributed by atoms with Gasteiger partial charge in [0.25, 0.3) is 5.91 Å². The Morgan fingerprint density at radius 2 is 1.97 bits per heavy atom. The molecule has 10 nitrogen and oxygen atoms in total. The lowest BCUT2D eigenvalue weighted by molar-refractivity contribution is 0.102. The molecule has 0 radical (unpaired) electrons. The summed E-state index contributed by atoms with van der Waals surface area (Å²) in [7, 11) is 3.19. The molecule has 0 aliphatic heterocycles. The van der Waals surface area contributed by atoms with Gasteiger partial charge in [-0.15, -0.1) is 5.10 Å². The third-order valence-electron chi connectivity index (χ3n) is 4.11. The molecule has 0 spiro atoms. The second kappa shape index (κ2) is 8.03. The van der Waals surface area contributed by atoms with E-state index in [-0.39, 0.29) is 11.8 Å². The van der Waals surface area contributed by atoms with Crippen molar-refractivity contribution in [2.45, 2.75) is 6.92 Å². The summed E-state index contributed by atoms with van der Waals surface area (Å²) >= 11 is 0. The highest BCUT2D eigenvalue weighted by atomic mass is 16.5. The van der Waals surface area contributed by atoms with Crippen LogP contribution >= 0.6 is 0 Å². The van der Waals surface area contributed by atoms with Crippen LogP contribution in [0.25, 0.3) is 5.82 Å². The molecule has 30 heavy (non-hydrogen) atoms. The van der Waals surface area contributed by atoms with Crippen molar-refractivity contribution in [2.75, 3.05) is 12.4 Å². The number of carbonyl (C=O) groups is 1. The van der Waals surface area contributed by atoms with Gasteiger partial charge in [-0.05, 0) is 37.3 Å². The molecule has 1 amide bonds. The third-order valence-corrected chi connectivity index (χ3v) is 4.11. The zero-order valence-electron chi connectivity index (χ0n) is 16.6. The fraction of sp³-hybridized carbons (Fsp3) is 0.150. The number of hydrogen-bond donors (Lipinski definition) is 1. The first-order valence-corrected chi connectivity index (χ1v) is 9.04. The largest absolute Gasteiger partial charge is 0.479 e. The van der Waals surface area contributed by atoms with Crippen molar-refractivity contribution in [1.82, 2.24) is 29.5 Å². The van der Waals surface area contributed by atoms with Crippen molar-refractivity contribution < 1.29 is 14.3 Å². The van der Waals surface area contributed by atoms with E-state index in [1.54, 1.807) is 67.6 Å². The Bertz CT molecular complexity index is 1170. The summed E-state index contributed by atoms with van der Waals surface area (Å²) in [6.45, 7) is 1.78. The molecule has 0 fully saturated rings.